The molecule has 0 atom stereocenters. The number of ether oxygens (including phenoxy) is 1. The number of amides is 2. The number of rotatable bonds is 4. The van der Waals surface area contributed by atoms with Crippen molar-refractivity contribution in [1.82, 2.24) is 14.7 Å². The molecular formula is C15H27N3O3. The minimum atomic E-state index is 0.0357. The van der Waals surface area contributed by atoms with E-state index in [0.29, 0.717) is 32.6 Å². The fourth-order valence-electron chi connectivity index (χ4n) is 2.78. The molecule has 0 unspecified atom stereocenters. The molecule has 21 heavy (non-hydrogen) atoms. The van der Waals surface area contributed by atoms with Crippen LogP contribution in [0.3, 0.4) is 0 Å². The van der Waals surface area contributed by atoms with E-state index in [2.05, 4.69) is 4.90 Å². The van der Waals surface area contributed by atoms with E-state index in [-0.39, 0.29) is 17.7 Å². The molecule has 0 radical (unpaired) electrons. The first kappa shape index (κ1) is 16.2. The molecule has 2 aliphatic rings. The molecule has 0 saturated carbocycles. The number of piperazine rings is 1. The van der Waals surface area contributed by atoms with Gasteiger partial charge in [0.25, 0.3) is 0 Å². The topological polar surface area (TPSA) is 53.1 Å². The summed E-state index contributed by atoms with van der Waals surface area (Å²) in [5.74, 6) is 0.433. The van der Waals surface area contributed by atoms with Gasteiger partial charge in [-0.2, -0.15) is 0 Å². The van der Waals surface area contributed by atoms with Crippen molar-refractivity contribution in [3.63, 3.8) is 0 Å². The molecule has 6 nitrogen and oxygen atoms in total. The lowest BCUT2D eigenvalue weighted by Crippen LogP contribution is -2.52. The van der Waals surface area contributed by atoms with E-state index in [1.807, 2.05) is 23.6 Å². The number of morpholine rings is 1. The summed E-state index contributed by atoms with van der Waals surface area (Å²) in [6.45, 7) is 10.7. The lowest BCUT2D eigenvalue weighted by atomic mass is 10.1. The minimum absolute atomic E-state index is 0.0357. The van der Waals surface area contributed by atoms with Crippen molar-refractivity contribution in [2.24, 2.45) is 5.92 Å². The average molecular weight is 297 g/mol. The summed E-state index contributed by atoms with van der Waals surface area (Å²) in [7, 11) is 0. The van der Waals surface area contributed by atoms with Gasteiger partial charge in [-0.15, -0.1) is 0 Å². The second kappa shape index (κ2) is 7.75. The molecule has 0 bridgehead atoms. The molecule has 0 aromatic carbocycles. The van der Waals surface area contributed by atoms with Gasteiger partial charge < -0.3 is 14.5 Å². The Kier molecular flexibility index (Phi) is 5.99. The Morgan fingerprint density at radius 1 is 0.952 bits per heavy atom. The summed E-state index contributed by atoms with van der Waals surface area (Å²) < 4.78 is 5.30. The second-order valence-corrected chi connectivity index (χ2v) is 6.06. The first-order chi connectivity index (χ1) is 10.1. The smallest absolute Gasteiger partial charge is 0.225 e. The van der Waals surface area contributed by atoms with Crippen molar-refractivity contribution in [2.45, 2.75) is 20.3 Å². The van der Waals surface area contributed by atoms with Gasteiger partial charge in [-0.1, -0.05) is 13.8 Å². The zero-order valence-electron chi connectivity index (χ0n) is 13.2. The maximum Gasteiger partial charge on any atom is 0.225 e. The van der Waals surface area contributed by atoms with Gasteiger partial charge in [0.05, 0.1) is 13.2 Å². The van der Waals surface area contributed by atoms with Crippen LogP contribution in [0.1, 0.15) is 20.3 Å². The molecule has 2 heterocycles. The summed E-state index contributed by atoms with van der Waals surface area (Å²) in [6, 6.07) is 0. The Hall–Kier alpha value is -1.14. The van der Waals surface area contributed by atoms with Crippen LogP contribution in [-0.2, 0) is 14.3 Å². The Morgan fingerprint density at radius 3 is 2.10 bits per heavy atom. The molecule has 0 aromatic heterocycles. The highest BCUT2D eigenvalue weighted by molar-refractivity contribution is 5.79. The van der Waals surface area contributed by atoms with E-state index < -0.39 is 0 Å². The average Bonchev–Trinajstić information content (AvgIpc) is 2.53. The van der Waals surface area contributed by atoms with Crippen LogP contribution in [0.15, 0.2) is 0 Å². The normalized spacial score (nSPS) is 20.9. The van der Waals surface area contributed by atoms with E-state index in [9.17, 15) is 9.59 Å². The van der Waals surface area contributed by atoms with Gasteiger partial charge in [-0.25, -0.2) is 0 Å². The van der Waals surface area contributed by atoms with Crippen LogP contribution in [0.2, 0.25) is 0 Å². The van der Waals surface area contributed by atoms with Gasteiger partial charge in [0.15, 0.2) is 0 Å². The first-order valence-electron chi connectivity index (χ1n) is 7.94. The van der Waals surface area contributed by atoms with Crippen molar-refractivity contribution in [2.75, 3.05) is 59.0 Å². The Morgan fingerprint density at radius 2 is 1.52 bits per heavy atom. The zero-order valence-corrected chi connectivity index (χ0v) is 13.2. The van der Waals surface area contributed by atoms with Crippen LogP contribution in [0.5, 0.6) is 0 Å². The number of carbonyl (C=O) groups is 2. The van der Waals surface area contributed by atoms with Crippen molar-refractivity contribution in [1.29, 1.82) is 0 Å². The Balaban J connectivity index is 1.69. The van der Waals surface area contributed by atoms with Crippen LogP contribution in [0.25, 0.3) is 0 Å². The van der Waals surface area contributed by atoms with E-state index in [4.69, 9.17) is 4.74 Å². The van der Waals surface area contributed by atoms with Gasteiger partial charge in [-0.3, -0.25) is 14.5 Å². The molecule has 2 aliphatic heterocycles. The quantitative estimate of drug-likeness (QED) is 0.735. The molecule has 0 spiro atoms. The molecule has 6 heteroatoms. The predicted molar refractivity (Wildman–Crippen MR) is 79.9 cm³/mol. The first-order valence-corrected chi connectivity index (χ1v) is 7.94. The highest BCUT2D eigenvalue weighted by Gasteiger charge is 2.25. The van der Waals surface area contributed by atoms with Gasteiger partial charge in [-0.05, 0) is 0 Å². The van der Waals surface area contributed by atoms with Gasteiger partial charge in [0, 0.05) is 58.2 Å². The molecule has 0 N–H and O–H groups in total. The van der Waals surface area contributed by atoms with Crippen molar-refractivity contribution < 1.29 is 14.3 Å². The summed E-state index contributed by atoms with van der Waals surface area (Å²) >= 11 is 0. The third kappa shape index (κ3) is 4.68. The molecule has 0 aromatic rings. The lowest BCUT2D eigenvalue weighted by molar-refractivity contribution is -0.141. The molecule has 0 aliphatic carbocycles. The number of hydrogen-bond acceptors (Lipinski definition) is 4. The predicted octanol–water partition coefficient (Wildman–Crippen LogP) is 0.0355. The summed E-state index contributed by atoms with van der Waals surface area (Å²) in [5.41, 5.74) is 0. The van der Waals surface area contributed by atoms with E-state index in [1.54, 1.807) is 0 Å². The molecular weight excluding hydrogens is 270 g/mol. The van der Waals surface area contributed by atoms with Crippen LogP contribution in [0, 0.1) is 5.92 Å². The summed E-state index contributed by atoms with van der Waals surface area (Å²) in [5, 5.41) is 0. The standard InChI is InChI=1S/C15H27N3O3/c1-13(2)15(20)18-7-5-17(6-8-18)14(19)3-4-16-9-11-21-12-10-16/h13H,3-12H2,1-2H3. The molecule has 120 valence electrons. The van der Waals surface area contributed by atoms with E-state index in [0.717, 1.165) is 32.8 Å². The lowest BCUT2D eigenvalue weighted by Gasteiger charge is -2.36. The van der Waals surface area contributed by atoms with Crippen LogP contribution < -0.4 is 0 Å². The van der Waals surface area contributed by atoms with Crippen LogP contribution in [0.4, 0.5) is 0 Å². The Labute approximate surface area is 127 Å². The molecule has 2 amide bonds. The summed E-state index contributed by atoms with van der Waals surface area (Å²) in [6.07, 6.45) is 0.568. The second-order valence-electron chi connectivity index (χ2n) is 6.06. The minimum Gasteiger partial charge on any atom is -0.379 e. The fourth-order valence-corrected chi connectivity index (χ4v) is 2.78. The number of nitrogens with zero attached hydrogens (tertiary/aromatic N) is 3. The third-order valence-electron chi connectivity index (χ3n) is 4.18. The monoisotopic (exact) mass is 297 g/mol. The summed E-state index contributed by atoms with van der Waals surface area (Å²) in [4.78, 5) is 30.2. The molecule has 2 saturated heterocycles. The zero-order chi connectivity index (χ0) is 15.2. The molecule has 2 fully saturated rings. The molecule has 2 rings (SSSR count). The van der Waals surface area contributed by atoms with Crippen LogP contribution >= 0.6 is 0 Å². The maximum atomic E-state index is 12.2. The Bertz CT molecular complexity index is 359. The largest absolute Gasteiger partial charge is 0.379 e. The number of carbonyl (C=O) groups excluding carboxylic acids is 2. The van der Waals surface area contributed by atoms with E-state index >= 15 is 0 Å². The van der Waals surface area contributed by atoms with Gasteiger partial charge in [0.1, 0.15) is 0 Å². The van der Waals surface area contributed by atoms with Crippen molar-refractivity contribution in [3.05, 3.63) is 0 Å². The highest BCUT2D eigenvalue weighted by Crippen LogP contribution is 2.09. The van der Waals surface area contributed by atoms with Gasteiger partial charge >= 0.3 is 0 Å². The van der Waals surface area contributed by atoms with Crippen molar-refractivity contribution in [3.8, 4) is 0 Å². The fraction of sp³-hybridized carbons (Fsp3) is 0.867. The van der Waals surface area contributed by atoms with Crippen LogP contribution in [-0.4, -0.2) is 85.5 Å². The van der Waals surface area contributed by atoms with E-state index in [1.165, 1.54) is 0 Å². The highest BCUT2D eigenvalue weighted by atomic mass is 16.5. The SMILES string of the molecule is CC(C)C(=O)N1CCN(C(=O)CCN2CCOCC2)CC1. The van der Waals surface area contributed by atoms with Gasteiger partial charge in [0.2, 0.25) is 11.8 Å². The third-order valence-corrected chi connectivity index (χ3v) is 4.18. The maximum absolute atomic E-state index is 12.2. The number of hydrogen-bond donors (Lipinski definition) is 0. The van der Waals surface area contributed by atoms with Crippen molar-refractivity contribution >= 4 is 11.8 Å².